The summed E-state index contributed by atoms with van der Waals surface area (Å²) in [5, 5.41) is 6.93. The number of aromatic amines is 1. The van der Waals surface area contributed by atoms with Crippen molar-refractivity contribution in [2.75, 3.05) is 0 Å². The number of hydrogen-bond acceptors (Lipinski definition) is 3. The SMILES string of the molecule is CCn1c(-c2ccc(C)n(C(C)C)c2=O)n[nH]c1=S. The average molecular weight is 278 g/mol. The molecule has 2 aromatic heterocycles. The van der Waals surface area contributed by atoms with Crippen LogP contribution in [-0.4, -0.2) is 19.3 Å². The quantitative estimate of drug-likeness (QED) is 0.878. The van der Waals surface area contributed by atoms with Crippen LogP contribution in [0.3, 0.4) is 0 Å². The van der Waals surface area contributed by atoms with Crippen LogP contribution in [0.25, 0.3) is 11.4 Å². The van der Waals surface area contributed by atoms with E-state index >= 15 is 0 Å². The Balaban J connectivity index is 2.74. The van der Waals surface area contributed by atoms with Gasteiger partial charge in [0.15, 0.2) is 10.6 Å². The van der Waals surface area contributed by atoms with Crippen LogP contribution in [0.15, 0.2) is 16.9 Å². The van der Waals surface area contributed by atoms with Gasteiger partial charge < -0.3 is 9.13 Å². The Labute approximate surface area is 116 Å². The lowest BCUT2D eigenvalue weighted by atomic mass is 10.2. The molecular formula is C13H18N4OS. The van der Waals surface area contributed by atoms with Crippen molar-refractivity contribution in [2.24, 2.45) is 0 Å². The van der Waals surface area contributed by atoms with Crippen molar-refractivity contribution >= 4 is 12.2 Å². The summed E-state index contributed by atoms with van der Waals surface area (Å²) >= 11 is 5.16. The second-order valence-corrected chi connectivity index (χ2v) is 5.14. The zero-order chi connectivity index (χ0) is 14.2. The van der Waals surface area contributed by atoms with Gasteiger partial charge in [0.1, 0.15) is 0 Å². The molecular weight excluding hydrogens is 260 g/mol. The molecule has 0 fully saturated rings. The first-order valence-electron chi connectivity index (χ1n) is 6.35. The fourth-order valence-corrected chi connectivity index (χ4v) is 2.54. The predicted molar refractivity (Wildman–Crippen MR) is 77.9 cm³/mol. The van der Waals surface area contributed by atoms with E-state index in [1.54, 1.807) is 4.57 Å². The molecule has 0 amide bonds. The summed E-state index contributed by atoms with van der Waals surface area (Å²) in [7, 11) is 0. The smallest absolute Gasteiger partial charge is 0.262 e. The van der Waals surface area contributed by atoms with Crippen molar-refractivity contribution in [1.82, 2.24) is 19.3 Å². The fourth-order valence-electron chi connectivity index (χ4n) is 2.27. The zero-order valence-corrected chi connectivity index (χ0v) is 12.4. The minimum Gasteiger partial charge on any atom is -0.310 e. The number of hydrogen-bond donors (Lipinski definition) is 1. The van der Waals surface area contributed by atoms with E-state index in [1.165, 1.54) is 0 Å². The Morgan fingerprint density at radius 3 is 2.68 bits per heavy atom. The minimum atomic E-state index is -0.0290. The molecule has 2 heterocycles. The molecule has 2 aromatic rings. The van der Waals surface area contributed by atoms with Gasteiger partial charge in [0, 0.05) is 18.3 Å². The van der Waals surface area contributed by atoms with Gasteiger partial charge in [-0.2, -0.15) is 5.10 Å². The molecule has 1 N–H and O–H groups in total. The molecule has 0 bridgehead atoms. The molecule has 0 aliphatic carbocycles. The molecule has 0 radical (unpaired) electrons. The standard InChI is InChI=1S/C13H18N4OS/c1-5-16-11(14-15-13(16)19)10-7-6-9(4)17(8(2)3)12(10)18/h6-8H,5H2,1-4H3,(H,15,19). The third kappa shape index (κ3) is 2.28. The number of pyridine rings is 1. The molecule has 0 saturated carbocycles. The molecule has 0 spiro atoms. The van der Waals surface area contributed by atoms with Crippen molar-refractivity contribution in [3.8, 4) is 11.4 Å². The highest BCUT2D eigenvalue weighted by Gasteiger charge is 2.15. The molecule has 2 rings (SSSR count). The summed E-state index contributed by atoms with van der Waals surface area (Å²) in [6, 6.07) is 3.87. The topological polar surface area (TPSA) is 55.6 Å². The van der Waals surface area contributed by atoms with Crippen molar-refractivity contribution in [2.45, 2.75) is 40.3 Å². The first-order valence-corrected chi connectivity index (χ1v) is 6.76. The largest absolute Gasteiger partial charge is 0.310 e. The van der Waals surface area contributed by atoms with E-state index in [9.17, 15) is 4.79 Å². The lowest BCUT2D eigenvalue weighted by Crippen LogP contribution is -2.26. The summed E-state index contributed by atoms with van der Waals surface area (Å²) in [5.41, 5.74) is 1.49. The molecule has 6 heteroatoms. The molecule has 0 aliphatic heterocycles. The van der Waals surface area contributed by atoms with E-state index in [0.29, 0.717) is 22.7 Å². The van der Waals surface area contributed by atoms with Crippen molar-refractivity contribution < 1.29 is 0 Å². The van der Waals surface area contributed by atoms with Crippen LogP contribution in [0.1, 0.15) is 32.5 Å². The van der Waals surface area contributed by atoms with Crippen LogP contribution in [0, 0.1) is 11.7 Å². The van der Waals surface area contributed by atoms with Gasteiger partial charge in [0.2, 0.25) is 0 Å². The van der Waals surface area contributed by atoms with E-state index in [4.69, 9.17) is 12.2 Å². The number of rotatable bonds is 3. The summed E-state index contributed by atoms with van der Waals surface area (Å²) in [5.74, 6) is 0.604. The molecule has 0 atom stereocenters. The van der Waals surface area contributed by atoms with Gasteiger partial charge in [0.25, 0.3) is 5.56 Å². The molecule has 0 saturated heterocycles. The molecule has 5 nitrogen and oxygen atoms in total. The fraction of sp³-hybridized carbons (Fsp3) is 0.462. The number of aryl methyl sites for hydroxylation is 1. The summed E-state index contributed by atoms with van der Waals surface area (Å²) in [4.78, 5) is 12.6. The molecule has 0 aliphatic rings. The number of H-pyrrole nitrogens is 1. The Hall–Kier alpha value is -1.69. The van der Waals surface area contributed by atoms with Crippen LogP contribution in [-0.2, 0) is 6.54 Å². The van der Waals surface area contributed by atoms with Gasteiger partial charge in [-0.05, 0) is 52.0 Å². The second kappa shape index (κ2) is 5.13. The summed E-state index contributed by atoms with van der Waals surface area (Å²) in [6.45, 7) is 8.58. The molecule has 19 heavy (non-hydrogen) atoms. The van der Waals surface area contributed by atoms with E-state index in [2.05, 4.69) is 10.2 Å². The Bertz CT molecular complexity index is 708. The maximum absolute atomic E-state index is 12.6. The van der Waals surface area contributed by atoms with E-state index < -0.39 is 0 Å². The van der Waals surface area contributed by atoms with Crippen molar-refractivity contribution in [3.05, 3.63) is 33.0 Å². The summed E-state index contributed by atoms with van der Waals surface area (Å²) < 4.78 is 4.13. The third-order valence-electron chi connectivity index (χ3n) is 3.15. The van der Waals surface area contributed by atoms with Gasteiger partial charge in [-0.3, -0.25) is 9.89 Å². The van der Waals surface area contributed by atoms with Gasteiger partial charge in [0.05, 0.1) is 5.56 Å². The van der Waals surface area contributed by atoms with Crippen molar-refractivity contribution in [3.63, 3.8) is 0 Å². The minimum absolute atomic E-state index is 0.0290. The Morgan fingerprint density at radius 2 is 2.11 bits per heavy atom. The maximum atomic E-state index is 12.6. The first kappa shape index (κ1) is 13.7. The lowest BCUT2D eigenvalue weighted by Gasteiger charge is -2.15. The van der Waals surface area contributed by atoms with Crippen LogP contribution in [0.4, 0.5) is 0 Å². The second-order valence-electron chi connectivity index (χ2n) is 4.75. The number of aromatic nitrogens is 4. The highest BCUT2D eigenvalue weighted by atomic mass is 32.1. The predicted octanol–water partition coefficient (Wildman–Crippen LogP) is 2.68. The van der Waals surface area contributed by atoms with Gasteiger partial charge in [-0.25, -0.2) is 0 Å². The molecule has 0 unspecified atom stereocenters. The van der Waals surface area contributed by atoms with E-state index in [-0.39, 0.29) is 11.6 Å². The van der Waals surface area contributed by atoms with Crippen molar-refractivity contribution in [1.29, 1.82) is 0 Å². The molecule has 0 aromatic carbocycles. The van der Waals surface area contributed by atoms with E-state index in [0.717, 1.165) is 5.69 Å². The summed E-state index contributed by atoms with van der Waals surface area (Å²) in [6.07, 6.45) is 0. The normalized spacial score (nSPS) is 11.2. The van der Waals surface area contributed by atoms with Crippen LogP contribution in [0.2, 0.25) is 0 Å². The van der Waals surface area contributed by atoms with Crippen LogP contribution in [0.5, 0.6) is 0 Å². The van der Waals surface area contributed by atoms with Gasteiger partial charge in [-0.1, -0.05) is 0 Å². The molecule has 102 valence electrons. The Kier molecular flexibility index (Phi) is 3.71. The highest BCUT2D eigenvalue weighted by Crippen LogP contribution is 2.15. The zero-order valence-electron chi connectivity index (χ0n) is 11.6. The lowest BCUT2D eigenvalue weighted by molar-refractivity contribution is 0.563. The van der Waals surface area contributed by atoms with Gasteiger partial charge in [-0.15, -0.1) is 0 Å². The maximum Gasteiger partial charge on any atom is 0.262 e. The van der Waals surface area contributed by atoms with Gasteiger partial charge >= 0.3 is 0 Å². The first-order chi connectivity index (χ1) is 8.97. The average Bonchev–Trinajstić information content (AvgIpc) is 2.70. The monoisotopic (exact) mass is 278 g/mol. The van der Waals surface area contributed by atoms with Crippen LogP contribution >= 0.6 is 12.2 Å². The van der Waals surface area contributed by atoms with E-state index in [1.807, 2.05) is 44.4 Å². The van der Waals surface area contributed by atoms with Crippen LogP contribution < -0.4 is 5.56 Å². The highest BCUT2D eigenvalue weighted by molar-refractivity contribution is 7.71. The number of nitrogens with one attached hydrogen (secondary N) is 1. The third-order valence-corrected chi connectivity index (χ3v) is 3.46. The Morgan fingerprint density at radius 1 is 1.42 bits per heavy atom. The number of nitrogens with zero attached hydrogens (tertiary/aromatic N) is 3.